The predicted octanol–water partition coefficient (Wildman–Crippen LogP) is 9.13. The molecule has 0 unspecified atom stereocenters. The summed E-state index contributed by atoms with van der Waals surface area (Å²) in [6.45, 7) is 5.64. The SMILES string of the molecule is CC1(OC(=O)COc2ccc([Te](Cl)(Cl)c3ccc(OCC(=O)OC4(C)C5CC6CC(C5)CC4C6)cc3OCC(=O)OC3(C)C4CC5CC(C4)CC3C5)cc2)C2CC3CC(C2)CC1C3. The molecule has 0 spiro atoms. The van der Waals surface area contributed by atoms with Crippen LogP contribution in [0.4, 0.5) is 0 Å². The van der Waals surface area contributed by atoms with Crippen LogP contribution in [0, 0.1) is 71.0 Å². The number of esters is 3. The van der Waals surface area contributed by atoms with Crippen LogP contribution in [0.2, 0.25) is 0 Å². The molecule has 0 atom stereocenters. The molecular weight excluding hydrogens is 955 g/mol. The molecule has 14 rings (SSSR count). The average molecular weight is 1020 g/mol. The van der Waals surface area contributed by atoms with E-state index in [0.717, 1.165) is 113 Å². The fourth-order valence-corrected chi connectivity index (χ4v) is 22.8. The maximum atomic E-state index is 13.7. The normalized spacial score (nSPS) is 41.3. The third-order valence-corrected chi connectivity index (χ3v) is 28.3. The molecular formula is C51H64Cl2O9Te. The van der Waals surface area contributed by atoms with Gasteiger partial charge in [-0.3, -0.25) is 0 Å². The fraction of sp³-hybridized carbons (Fsp3) is 0.706. The zero-order valence-electron chi connectivity index (χ0n) is 37.0. The van der Waals surface area contributed by atoms with Crippen molar-refractivity contribution >= 4 is 59.0 Å². The first kappa shape index (κ1) is 43.2. The molecule has 0 N–H and O–H groups in total. The molecule has 2 aromatic carbocycles. The van der Waals surface area contributed by atoms with Gasteiger partial charge in [-0.2, -0.15) is 0 Å². The van der Waals surface area contributed by atoms with Gasteiger partial charge in [0.05, 0.1) is 0 Å². The molecule has 0 aromatic heterocycles. The Morgan fingerprint density at radius 2 is 0.794 bits per heavy atom. The Hall–Kier alpha value is -2.38. The van der Waals surface area contributed by atoms with E-state index >= 15 is 0 Å². The standard InChI is InChI=1S/C51H64Cl2O9Te/c1-49(35-13-29-10-30(15-35)16-36(49)14-29)60-46(54)26-57-41-4-7-43(8-5-41)63(52,53)45-9-6-42(58-27-47(55)61-50(2)37-17-31-11-32(19-37)20-38(50)18-31)25-44(45)59-28-48(56)62-51(3)39-21-33-12-34(23-39)24-40(51)22-33/h4-9,25,29-40H,10-24,26-28H2,1-3H3. The maximum absolute atomic E-state index is 13.7. The summed E-state index contributed by atoms with van der Waals surface area (Å²) in [6.07, 6.45) is 17.6. The second kappa shape index (κ2) is 16.2. The van der Waals surface area contributed by atoms with Gasteiger partial charge in [0.2, 0.25) is 0 Å². The van der Waals surface area contributed by atoms with E-state index in [1.54, 1.807) is 30.3 Å². The first-order valence-electron chi connectivity index (χ1n) is 24.1. The molecule has 12 bridgehead atoms. The van der Waals surface area contributed by atoms with E-state index in [0.29, 0.717) is 60.0 Å². The summed E-state index contributed by atoms with van der Waals surface area (Å²) in [5.41, 5.74) is -1.37. The number of halogens is 2. The number of carbonyl (C=O) groups excluding carboxylic acids is 3. The van der Waals surface area contributed by atoms with E-state index in [1.165, 1.54) is 19.3 Å². The van der Waals surface area contributed by atoms with Crippen LogP contribution in [-0.4, -0.2) is 70.5 Å². The monoisotopic (exact) mass is 1020 g/mol. The van der Waals surface area contributed by atoms with Gasteiger partial charge in [0.15, 0.2) is 0 Å². The van der Waals surface area contributed by atoms with Crippen LogP contribution in [0.1, 0.15) is 117 Å². The molecule has 63 heavy (non-hydrogen) atoms. The van der Waals surface area contributed by atoms with Crippen LogP contribution in [0.3, 0.4) is 0 Å². The van der Waals surface area contributed by atoms with Crippen molar-refractivity contribution < 1.29 is 42.8 Å². The van der Waals surface area contributed by atoms with E-state index in [-0.39, 0.29) is 31.8 Å². The van der Waals surface area contributed by atoms with Gasteiger partial charge < -0.3 is 0 Å². The summed E-state index contributed by atoms with van der Waals surface area (Å²) in [7, 11) is 14.8. The quantitative estimate of drug-likeness (QED) is 0.104. The molecule has 0 heterocycles. The second-order valence-electron chi connectivity index (χ2n) is 22.3. The van der Waals surface area contributed by atoms with Crippen LogP contribution in [0.25, 0.3) is 0 Å². The van der Waals surface area contributed by atoms with E-state index in [9.17, 15) is 14.4 Å². The van der Waals surface area contributed by atoms with Crippen molar-refractivity contribution in [1.29, 1.82) is 0 Å². The van der Waals surface area contributed by atoms with E-state index in [2.05, 4.69) is 20.8 Å². The van der Waals surface area contributed by atoms with Gasteiger partial charge in [-0.15, -0.1) is 0 Å². The predicted molar refractivity (Wildman–Crippen MR) is 241 cm³/mol. The summed E-state index contributed by atoms with van der Waals surface area (Å²) >= 11 is -4.22. The molecule has 0 amide bonds. The van der Waals surface area contributed by atoms with Crippen LogP contribution in [-0.2, 0) is 28.6 Å². The molecule has 12 saturated carbocycles. The van der Waals surface area contributed by atoms with Crippen LogP contribution < -0.4 is 21.4 Å². The first-order valence-corrected chi connectivity index (χ1v) is 32.4. The summed E-state index contributed by atoms with van der Waals surface area (Å²) in [5.74, 6) is 7.10. The Kier molecular flexibility index (Phi) is 11.1. The Balaban J connectivity index is 0.766. The summed E-state index contributed by atoms with van der Waals surface area (Å²) in [5, 5.41) is 0. The molecule has 342 valence electrons. The number of hydrogen-bond donors (Lipinski definition) is 0. The van der Waals surface area contributed by atoms with E-state index in [1.807, 2.05) is 12.1 Å². The van der Waals surface area contributed by atoms with Crippen LogP contribution >= 0.6 is 17.9 Å². The van der Waals surface area contributed by atoms with Gasteiger partial charge in [-0.25, -0.2) is 0 Å². The fourth-order valence-electron chi connectivity index (χ4n) is 15.8. The van der Waals surface area contributed by atoms with Crippen LogP contribution in [0.15, 0.2) is 42.5 Å². The summed E-state index contributed by atoms with van der Waals surface area (Å²) < 4.78 is 38.5. The van der Waals surface area contributed by atoms with Gasteiger partial charge in [-0.1, -0.05) is 0 Å². The molecule has 0 aliphatic heterocycles. The first-order chi connectivity index (χ1) is 30.1. The van der Waals surface area contributed by atoms with E-state index < -0.39 is 38.7 Å². The number of hydrogen-bond acceptors (Lipinski definition) is 9. The van der Waals surface area contributed by atoms with Crippen molar-refractivity contribution in [3.63, 3.8) is 0 Å². The third-order valence-electron chi connectivity index (χ3n) is 18.6. The van der Waals surface area contributed by atoms with Gasteiger partial charge in [-0.05, 0) is 12.8 Å². The topological polar surface area (TPSA) is 107 Å². The zero-order chi connectivity index (χ0) is 43.5. The van der Waals surface area contributed by atoms with Gasteiger partial charge >= 0.3 is 373 Å². The number of ether oxygens (including phenoxy) is 6. The van der Waals surface area contributed by atoms with Crippen molar-refractivity contribution in [2.75, 3.05) is 19.8 Å². The Bertz CT molecular complexity index is 2040. The molecule has 12 heteroatoms. The molecule has 12 aliphatic carbocycles. The van der Waals surface area contributed by atoms with E-state index in [4.69, 9.17) is 46.3 Å². The second-order valence-corrected chi connectivity index (χ2v) is 34.9. The molecule has 0 saturated heterocycles. The van der Waals surface area contributed by atoms with Gasteiger partial charge in [0.1, 0.15) is 0 Å². The van der Waals surface area contributed by atoms with Gasteiger partial charge in [0.25, 0.3) is 0 Å². The Morgan fingerprint density at radius 1 is 0.476 bits per heavy atom. The zero-order valence-corrected chi connectivity index (χ0v) is 40.9. The molecule has 12 aliphatic rings. The van der Waals surface area contributed by atoms with Gasteiger partial charge in [0, 0.05) is 0 Å². The molecule has 2 aromatic rings. The van der Waals surface area contributed by atoms with Crippen molar-refractivity contribution in [3.05, 3.63) is 42.5 Å². The number of carbonyl (C=O) groups is 3. The van der Waals surface area contributed by atoms with Crippen molar-refractivity contribution in [3.8, 4) is 17.2 Å². The summed E-state index contributed by atoms with van der Waals surface area (Å²) in [4.78, 5) is 40.3. The average Bonchev–Trinajstić information content (AvgIpc) is 3.24. The molecule has 0 radical (unpaired) electrons. The van der Waals surface area contributed by atoms with Crippen LogP contribution in [0.5, 0.6) is 17.2 Å². The summed E-state index contributed by atoms with van der Waals surface area (Å²) in [6, 6.07) is 12.4. The van der Waals surface area contributed by atoms with Crippen molar-refractivity contribution in [2.45, 2.75) is 134 Å². The van der Waals surface area contributed by atoms with Crippen molar-refractivity contribution in [1.82, 2.24) is 0 Å². The minimum absolute atomic E-state index is 0.179. The minimum atomic E-state index is -4.22. The third kappa shape index (κ3) is 7.87. The molecule has 12 fully saturated rings. The Morgan fingerprint density at radius 3 is 1.16 bits per heavy atom. The number of rotatable bonds is 14. The Labute approximate surface area is 383 Å². The number of benzene rings is 2. The van der Waals surface area contributed by atoms with Crippen molar-refractivity contribution in [2.24, 2.45) is 71.0 Å². The molecule has 9 nitrogen and oxygen atoms in total.